The summed E-state index contributed by atoms with van der Waals surface area (Å²) in [4.78, 5) is 0. The van der Waals surface area contributed by atoms with Gasteiger partial charge in [-0.2, -0.15) is 0 Å². The molecule has 0 spiro atoms. The van der Waals surface area contributed by atoms with Crippen LogP contribution >= 0.6 is 22.6 Å². The van der Waals surface area contributed by atoms with Crippen molar-refractivity contribution in [3.05, 3.63) is 108 Å². The second kappa shape index (κ2) is 18.2. The maximum atomic E-state index is 16.6. The van der Waals surface area contributed by atoms with Crippen LogP contribution in [0.15, 0.2) is 91.0 Å². The molecule has 12 atom stereocenters. The molecule has 300 valence electrons. The number of hydrogen-bond acceptors (Lipinski definition) is 11. The van der Waals surface area contributed by atoms with Crippen LogP contribution in [0.25, 0.3) is 0 Å². The molecule has 0 amide bonds. The predicted octanol–water partition coefficient (Wildman–Crippen LogP) is 7.02. The second-order valence-corrected chi connectivity index (χ2v) is 17.2. The maximum Gasteiger partial charge on any atom is 0.228 e. The Morgan fingerprint density at radius 1 is 0.618 bits per heavy atom. The minimum absolute atomic E-state index is 0.0512. The zero-order chi connectivity index (χ0) is 38.6. The van der Waals surface area contributed by atoms with Crippen molar-refractivity contribution in [2.45, 2.75) is 138 Å². The first-order chi connectivity index (χ1) is 26.4. The lowest BCUT2D eigenvalue weighted by molar-refractivity contribution is -0.325. The van der Waals surface area contributed by atoms with Crippen LogP contribution in [0.1, 0.15) is 51.3 Å². The average Bonchev–Trinajstić information content (AvgIpc) is 3.67. The summed E-state index contributed by atoms with van der Waals surface area (Å²) in [6.45, 7) is 10.2. The van der Waals surface area contributed by atoms with Crippen LogP contribution in [0.5, 0.6) is 0 Å². The topological polar surface area (TPSA) is 102 Å². The molecular weight excluding hydrogens is 826 g/mol. The van der Waals surface area contributed by atoms with Gasteiger partial charge in [0.1, 0.15) is 48.8 Å². The van der Waals surface area contributed by atoms with Crippen molar-refractivity contribution in [1.82, 2.24) is 0 Å². The first-order valence-electron chi connectivity index (χ1n) is 18.9. The molecule has 11 nitrogen and oxygen atoms in total. The number of rotatable bonds is 16. The van der Waals surface area contributed by atoms with Gasteiger partial charge in [-0.1, -0.05) is 114 Å². The number of hydrogen-bond donors (Lipinski definition) is 0. The van der Waals surface area contributed by atoms with Gasteiger partial charge in [0.15, 0.2) is 24.2 Å². The zero-order valence-electron chi connectivity index (χ0n) is 31.9. The summed E-state index contributed by atoms with van der Waals surface area (Å²) in [5.74, 6) is -1.72. The van der Waals surface area contributed by atoms with Crippen LogP contribution in [-0.4, -0.2) is 96.5 Å². The Bertz CT molecular complexity index is 1620. The van der Waals surface area contributed by atoms with E-state index >= 15 is 4.39 Å². The molecule has 0 radical (unpaired) electrons. The highest BCUT2D eigenvalue weighted by Crippen LogP contribution is 2.44. The number of alkyl halides is 2. The smallest absolute Gasteiger partial charge is 0.228 e. The van der Waals surface area contributed by atoms with E-state index in [9.17, 15) is 0 Å². The van der Waals surface area contributed by atoms with E-state index in [-0.39, 0.29) is 30.4 Å². The largest absolute Gasteiger partial charge is 0.374 e. The van der Waals surface area contributed by atoms with Crippen LogP contribution in [0.2, 0.25) is 0 Å². The van der Waals surface area contributed by atoms with Gasteiger partial charge in [-0.15, -0.1) is 0 Å². The first-order valence-corrected chi connectivity index (χ1v) is 20.2. The molecule has 13 heteroatoms. The van der Waals surface area contributed by atoms with E-state index in [2.05, 4.69) is 22.6 Å². The van der Waals surface area contributed by atoms with Gasteiger partial charge >= 0.3 is 0 Å². The van der Waals surface area contributed by atoms with Gasteiger partial charge in [0.25, 0.3) is 0 Å². The van der Waals surface area contributed by atoms with Gasteiger partial charge < -0.3 is 52.1 Å². The summed E-state index contributed by atoms with van der Waals surface area (Å²) in [7, 11) is 0. The fourth-order valence-corrected chi connectivity index (χ4v) is 7.76. The molecule has 7 rings (SSSR count). The summed E-state index contributed by atoms with van der Waals surface area (Å²) in [5, 5.41) is 0. The summed E-state index contributed by atoms with van der Waals surface area (Å²) < 4.78 is 85.9. The Morgan fingerprint density at radius 3 is 1.75 bits per heavy atom. The lowest BCUT2D eigenvalue weighted by atomic mass is 9.98. The Kier molecular flexibility index (Phi) is 13.6. The number of ether oxygens (including phenoxy) is 11. The molecule has 0 saturated carbocycles. The molecule has 3 aromatic carbocycles. The van der Waals surface area contributed by atoms with Crippen LogP contribution in [0.4, 0.5) is 4.39 Å². The highest BCUT2D eigenvalue weighted by Gasteiger charge is 2.61. The molecular formula is C42H52FIO11. The first kappa shape index (κ1) is 41.1. The van der Waals surface area contributed by atoms with Crippen LogP contribution in [0, 0.1) is 0 Å². The van der Waals surface area contributed by atoms with Crippen molar-refractivity contribution in [2.24, 2.45) is 0 Å². The summed E-state index contributed by atoms with van der Waals surface area (Å²) in [6, 6.07) is 29.3. The molecule has 4 fully saturated rings. The standard InChI is InChI=1S/C42H52FIO11/c1-26(44)39(48-25-31-33-35(53-41(2,3)52-33)37-40(50-31)55-42(4,5)54-37)51-36-34(47-23-29-19-13-8-14-20-29)32(46-22-28-17-11-7-12-18-28)30(49-38(36)43)24-45-21-27-15-9-6-10-16-27/h6-20,26,30-40H,21-25H2,1-5H3. The van der Waals surface area contributed by atoms with Gasteiger partial charge in [0.2, 0.25) is 6.36 Å². The number of fused-ring (bicyclic) bond motifs is 3. The third-order valence-electron chi connectivity index (χ3n) is 9.88. The number of benzene rings is 3. The lowest BCUT2D eigenvalue weighted by Crippen LogP contribution is -2.61. The zero-order valence-corrected chi connectivity index (χ0v) is 34.0. The number of halogens is 2. The van der Waals surface area contributed by atoms with Crippen molar-refractivity contribution >= 4 is 22.6 Å². The van der Waals surface area contributed by atoms with Crippen LogP contribution in [-0.2, 0) is 71.9 Å². The van der Waals surface area contributed by atoms with Crippen molar-refractivity contribution < 1.29 is 56.5 Å². The van der Waals surface area contributed by atoms with Crippen LogP contribution < -0.4 is 0 Å². The van der Waals surface area contributed by atoms with E-state index in [0.29, 0.717) is 6.61 Å². The molecule has 4 aliphatic rings. The van der Waals surface area contributed by atoms with E-state index in [4.69, 9.17) is 52.1 Å². The molecule has 4 heterocycles. The fraction of sp³-hybridized carbons (Fsp3) is 0.571. The van der Waals surface area contributed by atoms with E-state index in [1.807, 2.05) is 126 Å². The molecule has 3 aromatic rings. The summed E-state index contributed by atoms with van der Waals surface area (Å²) in [5.41, 5.74) is 2.86. The highest BCUT2D eigenvalue weighted by molar-refractivity contribution is 14.1. The molecule has 4 saturated heterocycles. The highest BCUT2D eigenvalue weighted by atomic mass is 127. The van der Waals surface area contributed by atoms with Gasteiger partial charge in [-0.05, 0) is 51.3 Å². The minimum atomic E-state index is -1.89. The molecule has 55 heavy (non-hydrogen) atoms. The lowest BCUT2D eigenvalue weighted by Gasteiger charge is -2.45. The van der Waals surface area contributed by atoms with Gasteiger partial charge in [-0.3, -0.25) is 0 Å². The molecule has 12 unspecified atom stereocenters. The van der Waals surface area contributed by atoms with Gasteiger partial charge in [0.05, 0.1) is 37.0 Å². The normalized spacial score (nSPS) is 33.4. The third kappa shape index (κ3) is 10.5. The van der Waals surface area contributed by atoms with E-state index in [0.717, 1.165) is 16.7 Å². The fourth-order valence-electron chi connectivity index (χ4n) is 7.39. The Balaban J connectivity index is 1.10. The molecule has 0 bridgehead atoms. The van der Waals surface area contributed by atoms with Crippen molar-refractivity contribution in [3.8, 4) is 0 Å². The van der Waals surface area contributed by atoms with Gasteiger partial charge in [0, 0.05) is 0 Å². The van der Waals surface area contributed by atoms with E-state index in [1.165, 1.54) is 0 Å². The molecule has 0 aromatic heterocycles. The molecule has 4 aliphatic heterocycles. The SMILES string of the molecule is CC(I)C(OCC1OC2OC(C)(C)OC2C2OC(C)(C)OC12)OC1C(F)OC(COCc2ccccc2)C(OCc2ccccc2)C1OCc1ccccc1. The Labute approximate surface area is 336 Å². The predicted molar refractivity (Wildman–Crippen MR) is 207 cm³/mol. The minimum Gasteiger partial charge on any atom is -0.374 e. The van der Waals surface area contributed by atoms with E-state index in [1.54, 1.807) is 0 Å². The van der Waals surface area contributed by atoms with Crippen molar-refractivity contribution in [3.63, 3.8) is 0 Å². The van der Waals surface area contributed by atoms with Crippen LogP contribution in [0.3, 0.4) is 0 Å². The maximum absolute atomic E-state index is 16.6. The second-order valence-electron chi connectivity index (χ2n) is 15.2. The van der Waals surface area contributed by atoms with Crippen molar-refractivity contribution in [1.29, 1.82) is 0 Å². The van der Waals surface area contributed by atoms with Gasteiger partial charge in [-0.25, -0.2) is 4.39 Å². The quantitative estimate of drug-likeness (QED) is 0.0844. The van der Waals surface area contributed by atoms with Crippen molar-refractivity contribution in [2.75, 3.05) is 13.2 Å². The summed E-state index contributed by atoms with van der Waals surface area (Å²) >= 11 is 2.22. The molecule has 0 N–H and O–H groups in total. The monoisotopic (exact) mass is 878 g/mol. The van der Waals surface area contributed by atoms with E-state index < -0.39 is 79.3 Å². The third-order valence-corrected chi connectivity index (χ3v) is 10.5. The Morgan fingerprint density at radius 2 is 1.15 bits per heavy atom. The summed E-state index contributed by atoms with van der Waals surface area (Å²) in [6.07, 6.45) is -9.18. The average molecular weight is 879 g/mol. The Hall–Kier alpha value is -2.12. The molecule has 0 aliphatic carbocycles.